The van der Waals surface area contributed by atoms with Crippen LogP contribution in [0.2, 0.25) is 5.02 Å². The van der Waals surface area contributed by atoms with Gasteiger partial charge in [0, 0.05) is 11.6 Å². The van der Waals surface area contributed by atoms with E-state index < -0.39 is 16.1 Å². The molecule has 1 aliphatic carbocycles. The Bertz CT molecular complexity index is 577. The first kappa shape index (κ1) is 15.6. The van der Waals surface area contributed by atoms with E-state index in [9.17, 15) is 13.5 Å². The zero-order valence-corrected chi connectivity index (χ0v) is 12.6. The molecule has 4 N–H and O–H groups in total. The van der Waals surface area contributed by atoms with E-state index in [0.717, 1.165) is 25.7 Å². The van der Waals surface area contributed by atoms with Gasteiger partial charge in [-0.05, 0) is 37.0 Å². The number of hydrogen-bond donors (Lipinski definition) is 3. The van der Waals surface area contributed by atoms with Crippen molar-refractivity contribution in [3.8, 4) is 0 Å². The van der Waals surface area contributed by atoms with E-state index in [0.29, 0.717) is 5.02 Å². The van der Waals surface area contributed by atoms with Crippen molar-refractivity contribution in [1.29, 1.82) is 0 Å². The van der Waals surface area contributed by atoms with Crippen LogP contribution in [0.3, 0.4) is 0 Å². The number of rotatable bonds is 4. The number of halogens is 1. The summed E-state index contributed by atoms with van der Waals surface area (Å²) in [7, 11) is -3.71. The highest BCUT2D eigenvalue weighted by molar-refractivity contribution is 7.89. The summed E-state index contributed by atoms with van der Waals surface area (Å²) in [6, 6.07) is 4.34. The average Bonchev–Trinajstić information content (AvgIpc) is 2.40. The van der Waals surface area contributed by atoms with Crippen molar-refractivity contribution >= 4 is 27.3 Å². The fraction of sp³-hybridized carbons (Fsp3) is 0.538. The van der Waals surface area contributed by atoms with Crippen LogP contribution in [0.25, 0.3) is 0 Å². The van der Waals surface area contributed by atoms with E-state index in [2.05, 4.69) is 4.72 Å². The Morgan fingerprint density at radius 1 is 1.35 bits per heavy atom. The Balaban J connectivity index is 2.09. The van der Waals surface area contributed by atoms with Crippen molar-refractivity contribution in [3.05, 3.63) is 23.2 Å². The van der Waals surface area contributed by atoms with Crippen molar-refractivity contribution in [2.75, 3.05) is 12.3 Å². The number of benzene rings is 1. The Morgan fingerprint density at radius 2 is 2.05 bits per heavy atom. The fourth-order valence-electron chi connectivity index (χ4n) is 2.46. The topological polar surface area (TPSA) is 92.4 Å². The highest BCUT2D eigenvalue weighted by atomic mass is 35.5. The minimum Gasteiger partial charge on any atom is -0.398 e. The van der Waals surface area contributed by atoms with Gasteiger partial charge < -0.3 is 10.8 Å². The van der Waals surface area contributed by atoms with Crippen LogP contribution < -0.4 is 10.5 Å². The summed E-state index contributed by atoms with van der Waals surface area (Å²) in [6.07, 6.45) is 3.12. The molecular weight excluding hydrogens is 300 g/mol. The number of aliphatic hydroxyl groups excluding tert-OH is 1. The largest absolute Gasteiger partial charge is 0.398 e. The Hall–Kier alpha value is -0.820. The molecule has 0 bridgehead atoms. The molecule has 0 aliphatic heterocycles. The lowest BCUT2D eigenvalue weighted by atomic mass is 9.87. The molecule has 20 heavy (non-hydrogen) atoms. The van der Waals surface area contributed by atoms with Crippen molar-refractivity contribution in [2.24, 2.45) is 5.92 Å². The summed E-state index contributed by atoms with van der Waals surface area (Å²) in [4.78, 5) is -0.0182. The molecule has 2 atom stereocenters. The molecular formula is C13H19ClN2O3S. The van der Waals surface area contributed by atoms with E-state index >= 15 is 0 Å². The predicted molar refractivity (Wildman–Crippen MR) is 79.0 cm³/mol. The third-order valence-electron chi connectivity index (χ3n) is 3.67. The van der Waals surface area contributed by atoms with Gasteiger partial charge in [0.05, 0.1) is 11.8 Å². The third-order valence-corrected chi connectivity index (χ3v) is 5.38. The molecule has 0 heterocycles. The van der Waals surface area contributed by atoms with Crippen LogP contribution in [-0.4, -0.2) is 26.2 Å². The van der Waals surface area contributed by atoms with Gasteiger partial charge in [-0.3, -0.25) is 0 Å². The molecule has 5 nitrogen and oxygen atoms in total. The van der Waals surface area contributed by atoms with Gasteiger partial charge in [-0.25, -0.2) is 13.1 Å². The highest BCUT2D eigenvalue weighted by Gasteiger charge is 2.26. The highest BCUT2D eigenvalue weighted by Crippen LogP contribution is 2.26. The summed E-state index contributed by atoms with van der Waals surface area (Å²) >= 11 is 5.81. The lowest BCUT2D eigenvalue weighted by Gasteiger charge is -2.27. The molecule has 2 unspecified atom stereocenters. The molecule has 1 aromatic carbocycles. The van der Waals surface area contributed by atoms with Crippen LogP contribution in [-0.2, 0) is 10.0 Å². The standard InChI is InChI=1S/C13H19ClN2O3S/c14-10-5-6-11(15)13(7-10)20(18,19)16-8-9-3-1-2-4-12(9)17/h5-7,9,12,16-17H,1-4,8,15H2. The van der Waals surface area contributed by atoms with Crippen LogP contribution in [0, 0.1) is 5.92 Å². The SMILES string of the molecule is Nc1ccc(Cl)cc1S(=O)(=O)NCC1CCCCC1O. The number of hydrogen-bond acceptors (Lipinski definition) is 4. The molecule has 0 amide bonds. The maximum absolute atomic E-state index is 12.2. The molecule has 1 aromatic rings. The zero-order valence-electron chi connectivity index (χ0n) is 11.0. The van der Waals surface area contributed by atoms with Crippen LogP contribution in [0.5, 0.6) is 0 Å². The fourth-order valence-corrected chi connectivity index (χ4v) is 3.95. The van der Waals surface area contributed by atoms with E-state index in [1.165, 1.54) is 12.1 Å². The van der Waals surface area contributed by atoms with Gasteiger partial charge in [-0.2, -0.15) is 0 Å². The minimum atomic E-state index is -3.71. The number of nitrogens with two attached hydrogens (primary N) is 1. The smallest absolute Gasteiger partial charge is 0.242 e. The molecule has 1 saturated carbocycles. The summed E-state index contributed by atoms with van der Waals surface area (Å²) in [5.74, 6) is -0.0427. The number of nitrogen functional groups attached to an aromatic ring is 1. The van der Waals surface area contributed by atoms with Gasteiger partial charge in [-0.15, -0.1) is 0 Å². The molecule has 7 heteroatoms. The monoisotopic (exact) mass is 318 g/mol. The number of aliphatic hydroxyl groups is 1. The summed E-state index contributed by atoms with van der Waals surface area (Å²) < 4.78 is 27.0. The normalized spacial score (nSPS) is 23.7. The van der Waals surface area contributed by atoms with E-state index in [4.69, 9.17) is 17.3 Å². The van der Waals surface area contributed by atoms with Gasteiger partial charge in [0.2, 0.25) is 10.0 Å². The second-order valence-electron chi connectivity index (χ2n) is 5.15. The van der Waals surface area contributed by atoms with Crippen LogP contribution in [0.15, 0.2) is 23.1 Å². The van der Waals surface area contributed by atoms with E-state index in [-0.39, 0.29) is 23.0 Å². The van der Waals surface area contributed by atoms with Gasteiger partial charge >= 0.3 is 0 Å². The Kier molecular flexibility index (Phi) is 4.90. The third kappa shape index (κ3) is 3.63. The second-order valence-corrected chi connectivity index (χ2v) is 7.32. The molecule has 0 saturated heterocycles. The molecule has 2 rings (SSSR count). The maximum Gasteiger partial charge on any atom is 0.242 e. The lowest BCUT2D eigenvalue weighted by Crippen LogP contribution is -2.36. The van der Waals surface area contributed by atoms with Crippen LogP contribution >= 0.6 is 11.6 Å². The molecule has 1 aliphatic rings. The van der Waals surface area contributed by atoms with Gasteiger partial charge in [-0.1, -0.05) is 24.4 Å². The van der Waals surface area contributed by atoms with E-state index in [1.807, 2.05) is 0 Å². The molecule has 1 fully saturated rings. The van der Waals surface area contributed by atoms with E-state index in [1.54, 1.807) is 6.07 Å². The first-order chi connectivity index (χ1) is 9.40. The van der Waals surface area contributed by atoms with Crippen molar-refractivity contribution in [3.63, 3.8) is 0 Å². The maximum atomic E-state index is 12.2. The first-order valence-electron chi connectivity index (χ1n) is 6.63. The zero-order chi connectivity index (χ0) is 14.8. The van der Waals surface area contributed by atoms with Gasteiger partial charge in [0.25, 0.3) is 0 Å². The Morgan fingerprint density at radius 3 is 2.75 bits per heavy atom. The summed E-state index contributed by atoms with van der Waals surface area (Å²) in [5, 5.41) is 10.2. The van der Waals surface area contributed by atoms with Gasteiger partial charge in [0.15, 0.2) is 0 Å². The first-order valence-corrected chi connectivity index (χ1v) is 8.49. The average molecular weight is 319 g/mol. The van der Waals surface area contributed by atoms with Crippen molar-refractivity contribution in [1.82, 2.24) is 4.72 Å². The number of anilines is 1. The second kappa shape index (κ2) is 6.30. The van der Waals surface area contributed by atoms with Crippen LogP contribution in [0.4, 0.5) is 5.69 Å². The molecule has 0 radical (unpaired) electrons. The quantitative estimate of drug-likeness (QED) is 0.737. The molecule has 0 aromatic heterocycles. The predicted octanol–water partition coefficient (Wildman–Crippen LogP) is 1.75. The lowest BCUT2D eigenvalue weighted by molar-refractivity contribution is 0.0724. The summed E-state index contributed by atoms with van der Waals surface area (Å²) in [6.45, 7) is 0.218. The number of nitrogens with one attached hydrogen (secondary N) is 1. The van der Waals surface area contributed by atoms with Crippen molar-refractivity contribution < 1.29 is 13.5 Å². The Labute approximate surface area is 124 Å². The summed E-state index contributed by atoms with van der Waals surface area (Å²) in [5.41, 5.74) is 5.84. The van der Waals surface area contributed by atoms with Crippen molar-refractivity contribution in [2.45, 2.75) is 36.7 Å². The molecule has 112 valence electrons. The number of sulfonamides is 1. The van der Waals surface area contributed by atoms with Crippen LogP contribution in [0.1, 0.15) is 25.7 Å². The van der Waals surface area contributed by atoms with Gasteiger partial charge in [0.1, 0.15) is 4.90 Å². The minimum absolute atomic E-state index is 0.0182. The molecule has 0 spiro atoms.